The van der Waals surface area contributed by atoms with E-state index in [9.17, 15) is 19.2 Å². The molecule has 2 rings (SSSR count). The van der Waals surface area contributed by atoms with E-state index in [1.54, 1.807) is 13.8 Å². The van der Waals surface area contributed by atoms with Gasteiger partial charge in [0, 0.05) is 11.0 Å². The van der Waals surface area contributed by atoms with Gasteiger partial charge < -0.3 is 5.32 Å². The maximum Gasteiger partial charge on any atom is 0.334 e. The van der Waals surface area contributed by atoms with E-state index in [2.05, 4.69) is 21.2 Å². The monoisotopic (exact) mass is 381 g/mol. The third kappa shape index (κ3) is 3.58. The van der Waals surface area contributed by atoms with Gasteiger partial charge in [-0.05, 0) is 31.5 Å². The number of halogens is 1. The van der Waals surface area contributed by atoms with E-state index >= 15 is 0 Å². The van der Waals surface area contributed by atoms with Gasteiger partial charge in [-0.25, -0.2) is 9.69 Å². The minimum atomic E-state index is -0.969. The van der Waals surface area contributed by atoms with E-state index in [1.807, 2.05) is 24.3 Å². The molecule has 1 aliphatic rings. The van der Waals surface area contributed by atoms with Gasteiger partial charge in [0.05, 0.1) is 6.04 Å². The molecule has 0 bridgehead atoms. The second-order valence-electron chi connectivity index (χ2n) is 5.06. The Balaban J connectivity index is 1.99. The van der Waals surface area contributed by atoms with E-state index in [0.717, 1.165) is 14.9 Å². The summed E-state index contributed by atoms with van der Waals surface area (Å²) >= 11 is 3.33. The first-order valence-electron chi connectivity index (χ1n) is 7.07. The molecule has 1 aromatic carbocycles. The predicted octanol–water partition coefficient (Wildman–Crippen LogP) is 1.44. The molecule has 8 heteroatoms. The standard InChI is InChI=1S/C15H16BrN3O4/c1-3-18-13(21)14(22)19(15(18)23)8-12(20)17-9(2)10-4-6-11(16)7-5-10/h4-7,9H,3,8H2,1-2H3,(H,17,20)/t9-/m1/s1. The first-order valence-corrected chi connectivity index (χ1v) is 7.86. The van der Waals surface area contributed by atoms with Crippen LogP contribution in [0.25, 0.3) is 0 Å². The SMILES string of the molecule is CCN1C(=O)C(=O)N(CC(=O)N[C@H](C)c2ccc(Br)cc2)C1=O. The van der Waals surface area contributed by atoms with Crippen LogP contribution >= 0.6 is 15.9 Å². The molecule has 1 N–H and O–H groups in total. The van der Waals surface area contributed by atoms with Crippen molar-refractivity contribution in [3.8, 4) is 0 Å². The molecule has 0 unspecified atom stereocenters. The molecule has 0 radical (unpaired) electrons. The van der Waals surface area contributed by atoms with Gasteiger partial charge in [0.2, 0.25) is 5.91 Å². The maximum atomic E-state index is 12.0. The molecular weight excluding hydrogens is 366 g/mol. The second kappa shape index (κ2) is 6.91. The first-order chi connectivity index (χ1) is 10.8. The summed E-state index contributed by atoms with van der Waals surface area (Å²) in [4.78, 5) is 48.8. The van der Waals surface area contributed by atoms with Crippen LogP contribution in [-0.2, 0) is 14.4 Å². The number of carbonyl (C=O) groups excluding carboxylic acids is 4. The number of nitrogens with zero attached hydrogens (tertiary/aromatic N) is 2. The molecule has 1 fully saturated rings. The Morgan fingerprint density at radius 2 is 1.70 bits per heavy atom. The number of likely N-dealkylation sites (N-methyl/N-ethyl adjacent to an activating group) is 1. The van der Waals surface area contributed by atoms with Crippen molar-refractivity contribution < 1.29 is 19.2 Å². The Bertz CT molecular complexity index is 659. The Kier molecular flexibility index (Phi) is 5.15. The van der Waals surface area contributed by atoms with Gasteiger partial charge in [-0.15, -0.1) is 0 Å². The summed E-state index contributed by atoms with van der Waals surface area (Å²) in [6.45, 7) is 3.00. The molecule has 5 amide bonds. The van der Waals surface area contributed by atoms with Crippen molar-refractivity contribution in [1.29, 1.82) is 0 Å². The van der Waals surface area contributed by atoms with Gasteiger partial charge in [-0.3, -0.25) is 19.3 Å². The van der Waals surface area contributed by atoms with Gasteiger partial charge in [0.25, 0.3) is 0 Å². The quantitative estimate of drug-likeness (QED) is 0.617. The number of imide groups is 2. The number of amides is 5. The normalized spacial score (nSPS) is 16.0. The fourth-order valence-corrected chi connectivity index (χ4v) is 2.50. The second-order valence-corrected chi connectivity index (χ2v) is 5.98. The fraction of sp³-hybridized carbons (Fsp3) is 0.333. The van der Waals surface area contributed by atoms with Crippen LogP contribution in [0.2, 0.25) is 0 Å². The highest BCUT2D eigenvalue weighted by Crippen LogP contribution is 2.17. The molecular formula is C15H16BrN3O4. The van der Waals surface area contributed by atoms with Crippen LogP contribution < -0.4 is 5.32 Å². The number of hydrogen-bond donors (Lipinski definition) is 1. The Hall–Kier alpha value is -2.22. The zero-order valence-electron chi connectivity index (χ0n) is 12.7. The van der Waals surface area contributed by atoms with Crippen molar-refractivity contribution in [2.45, 2.75) is 19.9 Å². The smallest absolute Gasteiger partial charge is 0.334 e. The van der Waals surface area contributed by atoms with E-state index in [0.29, 0.717) is 4.90 Å². The van der Waals surface area contributed by atoms with Crippen LogP contribution in [0.1, 0.15) is 25.5 Å². The van der Waals surface area contributed by atoms with Crippen LogP contribution in [0.3, 0.4) is 0 Å². The highest BCUT2D eigenvalue weighted by Gasteiger charge is 2.44. The molecule has 122 valence electrons. The van der Waals surface area contributed by atoms with Crippen molar-refractivity contribution in [3.63, 3.8) is 0 Å². The molecule has 1 atom stereocenters. The summed E-state index contributed by atoms with van der Waals surface area (Å²) in [5.74, 6) is -2.37. The van der Waals surface area contributed by atoms with Crippen molar-refractivity contribution in [3.05, 3.63) is 34.3 Å². The molecule has 0 spiro atoms. The lowest BCUT2D eigenvalue weighted by Crippen LogP contribution is -2.42. The first kappa shape index (κ1) is 17.1. The lowest BCUT2D eigenvalue weighted by Gasteiger charge is -2.17. The van der Waals surface area contributed by atoms with Crippen molar-refractivity contribution in [1.82, 2.24) is 15.1 Å². The van der Waals surface area contributed by atoms with E-state index in [-0.39, 0.29) is 12.6 Å². The molecule has 0 aliphatic carbocycles. The molecule has 0 saturated carbocycles. The lowest BCUT2D eigenvalue weighted by atomic mass is 10.1. The van der Waals surface area contributed by atoms with Crippen molar-refractivity contribution >= 4 is 39.7 Å². The van der Waals surface area contributed by atoms with E-state index in [4.69, 9.17) is 0 Å². The number of benzene rings is 1. The molecule has 1 heterocycles. The Labute approximate surface area is 141 Å². The topological polar surface area (TPSA) is 86.8 Å². The average Bonchev–Trinajstić information content (AvgIpc) is 2.71. The average molecular weight is 382 g/mol. The summed E-state index contributed by atoms with van der Waals surface area (Å²) < 4.78 is 0.922. The van der Waals surface area contributed by atoms with Gasteiger partial charge in [-0.1, -0.05) is 28.1 Å². The molecule has 23 heavy (non-hydrogen) atoms. The zero-order valence-corrected chi connectivity index (χ0v) is 14.3. The van der Waals surface area contributed by atoms with Gasteiger partial charge in [0.1, 0.15) is 6.54 Å². The van der Waals surface area contributed by atoms with E-state index in [1.165, 1.54) is 0 Å². The van der Waals surface area contributed by atoms with E-state index < -0.39 is 30.3 Å². The fourth-order valence-electron chi connectivity index (χ4n) is 2.23. The van der Waals surface area contributed by atoms with Crippen LogP contribution in [0, 0.1) is 0 Å². The molecule has 1 saturated heterocycles. The van der Waals surface area contributed by atoms with Gasteiger partial charge >= 0.3 is 17.8 Å². The number of rotatable bonds is 5. The number of hydrogen-bond acceptors (Lipinski definition) is 4. The predicted molar refractivity (Wildman–Crippen MR) is 85.2 cm³/mol. The number of carbonyl (C=O) groups is 4. The van der Waals surface area contributed by atoms with Crippen molar-refractivity contribution in [2.24, 2.45) is 0 Å². The van der Waals surface area contributed by atoms with Crippen LogP contribution in [0.5, 0.6) is 0 Å². The summed E-state index contributed by atoms with van der Waals surface area (Å²) in [5.41, 5.74) is 0.881. The maximum absolute atomic E-state index is 12.0. The zero-order chi connectivity index (χ0) is 17.1. The summed E-state index contributed by atoms with van der Waals surface area (Å²) in [6, 6.07) is 6.36. The van der Waals surface area contributed by atoms with Gasteiger partial charge in [-0.2, -0.15) is 0 Å². The minimum absolute atomic E-state index is 0.0941. The van der Waals surface area contributed by atoms with Crippen molar-refractivity contribution in [2.75, 3.05) is 13.1 Å². The Morgan fingerprint density at radius 3 is 2.22 bits per heavy atom. The largest absolute Gasteiger partial charge is 0.348 e. The molecule has 0 aromatic heterocycles. The molecule has 1 aliphatic heterocycles. The molecule has 7 nitrogen and oxygen atoms in total. The third-order valence-electron chi connectivity index (χ3n) is 3.50. The minimum Gasteiger partial charge on any atom is -0.348 e. The van der Waals surface area contributed by atoms with Crippen LogP contribution in [0.15, 0.2) is 28.7 Å². The third-order valence-corrected chi connectivity index (χ3v) is 4.03. The van der Waals surface area contributed by atoms with Crippen LogP contribution in [-0.4, -0.2) is 46.6 Å². The number of urea groups is 1. The summed E-state index contributed by atoms with van der Waals surface area (Å²) in [7, 11) is 0. The molecule has 1 aromatic rings. The summed E-state index contributed by atoms with van der Waals surface area (Å²) in [6.07, 6.45) is 0. The lowest BCUT2D eigenvalue weighted by molar-refractivity contribution is -0.144. The highest BCUT2D eigenvalue weighted by molar-refractivity contribution is 9.10. The highest BCUT2D eigenvalue weighted by atomic mass is 79.9. The Morgan fingerprint density at radius 1 is 1.13 bits per heavy atom. The number of nitrogens with one attached hydrogen (secondary N) is 1. The van der Waals surface area contributed by atoms with Crippen LogP contribution in [0.4, 0.5) is 4.79 Å². The van der Waals surface area contributed by atoms with Gasteiger partial charge in [0.15, 0.2) is 0 Å². The summed E-state index contributed by atoms with van der Waals surface area (Å²) in [5, 5.41) is 2.70.